The Labute approximate surface area is 195 Å². The zero-order valence-corrected chi connectivity index (χ0v) is 20.0. The molecule has 9 heteroatoms. The van der Waals surface area contributed by atoms with Crippen molar-refractivity contribution in [2.45, 2.75) is 44.7 Å². The van der Waals surface area contributed by atoms with Crippen molar-refractivity contribution in [1.29, 1.82) is 5.26 Å². The Kier molecular flexibility index (Phi) is 5.07. The van der Waals surface area contributed by atoms with Crippen molar-refractivity contribution in [2.24, 2.45) is 5.92 Å². The minimum absolute atomic E-state index is 0.0853. The number of pyridine rings is 1. The molecule has 1 saturated carbocycles. The van der Waals surface area contributed by atoms with E-state index in [-0.39, 0.29) is 33.0 Å². The van der Waals surface area contributed by atoms with Crippen LogP contribution in [-0.2, 0) is 0 Å². The van der Waals surface area contributed by atoms with Gasteiger partial charge in [0.1, 0.15) is 26.9 Å². The third-order valence-electron chi connectivity index (χ3n) is 7.37. The van der Waals surface area contributed by atoms with Gasteiger partial charge in [0.2, 0.25) is 5.43 Å². The van der Waals surface area contributed by atoms with Crippen LogP contribution in [0.15, 0.2) is 10.9 Å². The lowest BCUT2D eigenvalue weighted by atomic mass is 9.87. The molecule has 2 aromatic heterocycles. The molecule has 2 aliphatic rings. The van der Waals surface area contributed by atoms with Gasteiger partial charge in [0, 0.05) is 24.7 Å². The van der Waals surface area contributed by atoms with Crippen LogP contribution in [0.3, 0.4) is 0 Å². The van der Waals surface area contributed by atoms with Crippen molar-refractivity contribution < 1.29 is 14.2 Å². The number of aromatic hydroxyl groups is 1. The number of nitriles is 1. The second-order valence-electron chi connectivity index (χ2n) is 9.54. The summed E-state index contributed by atoms with van der Waals surface area (Å²) in [5.41, 5.74) is 0.330. The maximum Gasteiger partial charge on any atom is 0.202 e. The van der Waals surface area contributed by atoms with Crippen LogP contribution in [0.4, 0.5) is 10.1 Å². The van der Waals surface area contributed by atoms with Gasteiger partial charge < -0.3 is 24.6 Å². The van der Waals surface area contributed by atoms with Crippen LogP contribution in [0.2, 0.25) is 0 Å². The van der Waals surface area contributed by atoms with Gasteiger partial charge >= 0.3 is 0 Å². The van der Waals surface area contributed by atoms with Crippen molar-refractivity contribution in [2.75, 3.05) is 32.1 Å². The molecule has 2 N–H and O–H groups in total. The van der Waals surface area contributed by atoms with E-state index in [2.05, 4.69) is 19.2 Å². The highest BCUT2D eigenvalue weighted by Gasteiger charge is 2.38. The van der Waals surface area contributed by atoms with Crippen LogP contribution in [0, 0.1) is 23.1 Å². The fourth-order valence-corrected chi connectivity index (χ4v) is 6.11. The van der Waals surface area contributed by atoms with Crippen molar-refractivity contribution in [3.8, 4) is 17.6 Å². The lowest BCUT2D eigenvalue weighted by Crippen LogP contribution is -2.45. The predicted octanol–water partition coefficient (Wildman–Crippen LogP) is 4.10. The SMILES string of the molecule is CNC(C)(C)[C@@H]1CCN(c2c(F)cc3c(=O)c4c(O)c(C#N)sc4n(C4CC4)c3c2OC)C1. The lowest BCUT2D eigenvalue weighted by molar-refractivity contribution is 0.290. The first-order valence-electron chi connectivity index (χ1n) is 11.2. The molecule has 5 rings (SSSR count). The number of methoxy groups -OCH3 is 1. The Bertz CT molecular complexity index is 1380. The number of thiophene rings is 1. The Morgan fingerprint density at radius 1 is 1.36 bits per heavy atom. The summed E-state index contributed by atoms with van der Waals surface area (Å²) in [4.78, 5) is 16.0. The van der Waals surface area contributed by atoms with Gasteiger partial charge in [0.15, 0.2) is 17.3 Å². The maximum atomic E-state index is 15.6. The second-order valence-corrected chi connectivity index (χ2v) is 10.5. The van der Waals surface area contributed by atoms with E-state index in [0.29, 0.717) is 40.8 Å². The molecule has 2 fully saturated rings. The monoisotopic (exact) mass is 470 g/mol. The average Bonchev–Trinajstić information content (AvgIpc) is 3.40. The summed E-state index contributed by atoms with van der Waals surface area (Å²) < 4.78 is 23.4. The quantitative estimate of drug-likeness (QED) is 0.584. The number of aromatic nitrogens is 1. The number of anilines is 1. The molecule has 3 aromatic rings. The molecular formula is C24H27FN4O3S. The normalized spacial score (nSPS) is 18.9. The number of ether oxygens (including phenoxy) is 1. The van der Waals surface area contributed by atoms with Crippen molar-refractivity contribution in [3.05, 3.63) is 27.0 Å². The summed E-state index contributed by atoms with van der Waals surface area (Å²) in [5, 5.41) is 23.6. The van der Waals surface area contributed by atoms with Crippen molar-refractivity contribution in [3.63, 3.8) is 0 Å². The average molecular weight is 471 g/mol. The van der Waals surface area contributed by atoms with Crippen LogP contribution in [0.5, 0.6) is 11.5 Å². The molecule has 0 bridgehead atoms. The van der Waals surface area contributed by atoms with Crippen LogP contribution in [-0.4, -0.2) is 42.5 Å². The first-order chi connectivity index (χ1) is 15.7. The van der Waals surface area contributed by atoms with Gasteiger partial charge in [-0.2, -0.15) is 5.26 Å². The molecule has 1 aliphatic carbocycles. The maximum absolute atomic E-state index is 15.6. The fourth-order valence-electron chi connectivity index (χ4n) is 5.04. The van der Waals surface area contributed by atoms with Gasteiger partial charge in [0.25, 0.3) is 0 Å². The third kappa shape index (κ3) is 3.19. The highest BCUT2D eigenvalue weighted by atomic mass is 32.1. The third-order valence-corrected chi connectivity index (χ3v) is 8.45. The van der Waals surface area contributed by atoms with E-state index in [9.17, 15) is 15.2 Å². The molecule has 3 heterocycles. The number of halogens is 1. The molecule has 1 aromatic carbocycles. The fraction of sp³-hybridized carbons (Fsp3) is 0.500. The Morgan fingerprint density at radius 3 is 2.70 bits per heavy atom. The standard InChI is InChI=1S/C24H27FN4O3S/c1-24(2,27-3)12-7-8-28(11-12)19-15(25)9-14-18(22(19)32-4)29(13-5-6-13)23-17(20(14)30)21(31)16(10-26)33-23/h9,12-13,27,31H,5-8,11H2,1-4H3/t12-/m1/s1. The molecule has 33 heavy (non-hydrogen) atoms. The van der Waals surface area contributed by atoms with Crippen LogP contribution >= 0.6 is 11.3 Å². The molecule has 1 saturated heterocycles. The number of rotatable bonds is 5. The number of hydrogen-bond donors (Lipinski definition) is 2. The highest BCUT2D eigenvalue weighted by Crippen LogP contribution is 2.49. The van der Waals surface area contributed by atoms with Crippen molar-refractivity contribution in [1.82, 2.24) is 9.88 Å². The van der Waals surface area contributed by atoms with E-state index in [1.54, 1.807) is 0 Å². The molecular weight excluding hydrogens is 443 g/mol. The Hall–Kier alpha value is -2.83. The molecule has 174 valence electrons. The molecule has 0 radical (unpaired) electrons. The van der Waals surface area contributed by atoms with Crippen LogP contribution in [0.1, 0.15) is 44.0 Å². The summed E-state index contributed by atoms with van der Waals surface area (Å²) in [6.07, 6.45) is 2.73. The summed E-state index contributed by atoms with van der Waals surface area (Å²) in [5.74, 6) is -0.178. The number of benzene rings is 1. The number of nitrogens with zero attached hydrogens (tertiary/aromatic N) is 3. The topological polar surface area (TPSA) is 90.5 Å². The Balaban J connectivity index is 1.80. The highest BCUT2D eigenvalue weighted by molar-refractivity contribution is 7.19. The molecule has 1 aliphatic heterocycles. The molecule has 0 amide bonds. The zero-order valence-electron chi connectivity index (χ0n) is 19.2. The van der Waals surface area contributed by atoms with E-state index in [1.807, 2.05) is 22.6 Å². The predicted molar refractivity (Wildman–Crippen MR) is 128 cm³/mol. The second kappa shape index (κ2) is 7.61. The van der Waals surface area contributed by atoms with E-state index in [1.165, 1.54) is 13.2 Å². The zero-order chi connectivity index (χ0) is 23.7. The van der Waals surface area contributed by atoms with E-state index in [0.717, 1.165) is 30.6 Å². The smallest absolute Gasteiger partial charge is 0.202 e. The van der Waals surface area contributed by atoms with E-state index < -0.39 is 11.2 Å². The van der Waals surface area contributed by atoms with Gasteiger partial charge in [-0.3, -0.25) is 4.79 Å². The minimum atomic E-state index is -0.517. The summed E-state index contributed by atoms with van der Waals surface area (Å²) >= 11 is 1.10. The van der Waals surface area contributed by atoms with Gasteiger partial charge in [-0.15, -0.1) is 11.3 Å². The van der Waals surface area contributed by atoms with Gasteiger partial charge in [-0.1, -0.05) is 0 Å². The van der Waals surface area contributed by atoms with Crippen LogP contribution in [0.25, 0.3) is 21.1 Å². The number of hydrogen-bond acceptors (Lipinski definition) is 7. The molecule has 1 atom stereocenters. The summed E-state index contributed by atoms with van der Waals surface area (Å²) in [7, 11) is 3.44. The van der Waals surface area contributed by atoms with Gasteiger partial charge in [-0.05, 0) is 52.1 Å². The first kappa shape index (κ1) is 22.0. The number of nitrogens with one attached hydrogen (secondary N) is 1. The van der Waals surface area contributed by atoms with Gasteiger partial charge in [0.05, 0.1) is 18.0 Å². The molecule has 0 spiro atoms. The first-order valence-corrected chi connectivity index (χ1v) is 12.0. The van der Waals surface area contributed by atoms with Crippen molar-refractivity contribution >= 4 is 38.1 Å². The molecule has 0 unspecified atom stereocenters. The van der Waals surface area contributed by atoms with Gasteiger partial charge in [-0.25, -0.2) is 4.39 Å². The van der Waals surface area contributed by atoms with Crippen LogP contribution < -0.4 is 20.4 Å². The largest absolute Gasteiger partial charge is 0.505 e. The molecule has 7 nitrogen and oxygen atoms in total. The van der Waals surface area contributed by atoms with E-state index in [4.69, 9.17) is 4.74 Å². The lowest BCUT2D eigenvalue weighted by Gasteiger charge is -2.32. The summed E-state index contributed by atoms with van der Waals surface area (Å²) in [6, 6.07) is 3.35. The Morgan fingerprint density at radius 2 is 2.09 bits per heavy atom. The number of fused-ring (bicyclic) bond motifs is 2. The van der Waals surface area contributed by atoms with E-state index >= 15 is 4.39 Å². The minimum Gasteiger partial charge on any atom is -0.505 e. The summed E-state index contributed by atoms with van der Waals surface area (Å²) in [6.45, 7) is 5.64.